The zero-order valence-corrected chi connectivity index (χ0v) is 11.6. The second kappa shape index (κ2) is 5.33. The van der Waals surface area contributed by atoms with Gasteiger partial charge in [0.15, 0.2) is 5.78 Å². The molecule has 2 aliphatic rings. The number of benzene rings is 1. The maximum Gasteiger partial charge on any atom is 0.159 e. The third-order valence-electron chi connectivity index (χ3n) is 4.44. The van der Waals surface area contributed by atoms with E-state index in [1.165, 1.54) is 38.0 Å². The summed E-state index contributed by atoms with van der Waals surface area (Å²) in [5.41, 5.74) is 2.07. The Morgan fingerprint density at radius 1 is 1.11 bits per heavy atom. The molecule has 0 aliphatic carbocycles. The molecule has 1 aromatic rings. The molecule has 3 rings (SSSR count). The first kappa shape index (κ1) is 12.7. The Hall–Kier alpha value is -1.35. The van der Waals surface area contributed by atoms with Crippen molar-refractivity contribution >= 4 is 11.5 Å². The SMILES string of the molecule is CC(=O)c1ccc(N2CCCN3CCCC3C2)cc1. The van der Waals surface area contributed by atoms with Crippen LogP contribution >= 0.6 is 0 Å². The largest absolute Gasteiger partial charge is 0.370 e. The van der Waals surface area contributed by atoms with E-state index in [0.29, 0.717) is 0 Å². The summed E-state index contributed by atoms with van der Waals surface area (Å²) in [5.74, 6) is 0.143. The molecule has 2 saturated heterocycles. The molecule has 0 spiro atoms. The van der Waals surface area contributed by atoms with Crippen LogP contribution in [0.4, 0.5) is 5.69 Å². The minimum absolute atomic E-state index is 0.143. The number of Topliss-reactive ketones (excluding diaryl/α,β-unsaturated/α-hetero) is 1. The van der Waals surface area contributed by atoms with Crippen molar-refractivity contribution in [3.8, 4) is 0 Å². The number of anilines is 1. The maximum absolute atomic E-state index is 11.3. The molecule has 0 bridgehead atoms. The van der Waals surface area contributed by atoms with Crippen molar-refractivity contribution in [3.05, 3.63) is 29.8 Å². The van der Waals surface area contributed by atoms with Gasteiger partial charge < -0.3 is 4.90 Å². The molecule has 0 amide bonds. The van der Waals surface area contributed by atoms with Gasteiger partial charge in [-0.15, -0.1) is 0 Å². The van der Waals surface area contributed by atoms with Crippen LogP contribution in [-0.2, 0) is 0 Å². The molecule has 0 radical (unpaired) electrons. The molecule has 1 atom stereocenters. The monoisotopic (exact) mass is 258 g/mol. The minimum atomic E-state index is 0.143. The Balaban J connectivity index is 1.75. The van der Waals surface area contributed by atoms with Crippen molar-refractivity contribution in [1.29, 1.82) is 0 Å². The molecule has 0 N–H and O–H groups in total. The molecule has 19 heavy (non-hydrogen) atoms. The summed E-state index contributed by atoms with van der Waals surface area (Å²) in [6.45, 7) is 6.41. The molecular formula is C16H22N2O. The van der Waals surface area contributed by atoms with Crippen molar-refractivity contribution in [3.63, 3.8) is 0 Å². The third-order valence-corrected chi connectivity index (χ3v) is 4.44. The number of carbonyl (C=O) groups excluding carboxylic acids is 1. The van der Waals surface area contributed by atoms with E-state index in [-0.39, 0.29) is 5.78 Å². The Bertz CT molecular complexity index is 454. The number of hydrogen-bond donors (Lipinski definition) is 0. The van der Waals surface area contributed by atoms with Crippen LogP contribution in [0.3, 0.4) is 0 Å². The van der Waals surface area contributed by atoms with Gasteiger partial charge in [0.25, 0.3) is 0 Å². The summed E-state index contributed by atoms with van der Waals surface area (Å²) in [6, 6.07) is 8.84. The van der Waals surface area contributed by atoms with Gasteiger partial charge in [-0.1, -0.05) is 0 Å². The van der Waals surface area contributed by atoms with E-state index in [2.05, 4.69) is 21.9 Å². The van der Waals surface area contributed by atoms with Crippen LogP contribution < -0.4 is 4.90 Å². The van der Waals surface area contributed by atoms with Crippen LogP contribution in [0.2, 0.25) is 0 Å². The normalized spacial score (nSPS) is 24.1. The quantitative estimate of drug-likeness (QED) is 0.762. The smallest absolute Gasteiger partial charge is 0.159 e. The predicted molar refractivity (Wildman–Crippen MR) is 77.9 cm³/mol. The number of carbonyl (C=O) groups is 1. The standard InChI is InChI=1S/C16H22N2O/c1-13(19)14-5-7-15(8-6-14)18-11-3-10-17-9-2-4-16(17)12-18/h5-8,16H,2-4,9-12H2,1H3. The predicted octanol–water partition coefficient (Wildman–Crippen LogP) is 2.56. The average molecular weight is 258 g/mol. The number of hydrogen-bond acceptors (Lipinski definition) is 3. The van der Waals surface area contributed by atoms with E-state index in [1.807, 2.05) is 12.1 Å². The molecule has 2 heterocycles. The molecular weight excluding hydrogens is 236 g/mol. The molecule has 2 aliphatic heterocycles. The molecule has 0 aromatic heterocycles. The van der Waals surface area contributed by atoms with E-state index in [4.69, 9.17) is 0 Å². The zero-order chi connectivity index (χ0) is 13.2. The van der Waals surface area contributed by atoms with Gasteiger partial charge in [-0.25, -0.2) is 0 Å². The minimum Gasteiger partial charge on any atom is -0.370 e. The molecule has 1 unspecified atom stereocenters. The Morgan fingerprint density at radius 2 is 1.84 bits per heavy atom. The molecule has 3 heteroatoms. The summed E-state index contributed by atoms with van der Waals surface area (Å²) < 4.78 is 0. The van der Waals surface area contributed by atoms with Gasteiger partial charge in [-0.05, 0) is 57.0 Å². The summed E-state index contributed by atoms with van der Waals surface area (Å²) >= 11 is 0. The molecule has 102 valence electrons. The molecule has 3 nitrogen and oxygen atoms in total. The second-order valence-corrected chi connectivity index (χ2v) is 5.73. The highest BCUT2D eigenvalue weighted by Gasteiger charge is 2.28. The van der Waals surface area contributed by atoms with Gasteiger partial charge in [-0.3, -0.25) is 9.69 Å². The fourth-order valence-electron chi connectivity index (χ4n) is 3.35. The number of nitrogens with zero attached hydrogens (tertiary/aromatic N) is 2. The lowest BCUT2D eigenvalue weighted by atomic mass is 10.1. The molecule has 1 aromatic carbocycles. The molecule has 0 saturated carbocycles. The van der Waals surface area contributed by atoms with Crippen LogP contribution in [0.5, 0.6) is 0 Å². The van der Waals surface area contributed by atoms with Crippen molar-refractivity contribution < 1.29 is 4.79 Å². The van der Waals surface area contributed by atoms with Crippen LogP contribution in [0, 0.1) is 0 Å². The van der Waals surface area contributed by atoms with E-state index >= 15 is 0 Å². The first-order valence-electron chi connectivity index (χ1n) is 7.34. The lowest BCUT2D eigenvalue weighted by molar-refractivity contribution is 0.101. The van der Waals surface area contributed by atoms with Gasteiger partial charge in [0.1, 0.15) is 0 Å². The highest BCUT2D eigenvalue weighted by molar-refractivity contribution is 5.94. The number of rotatable bonds is 2. The van der Waals surface area contributed by atoms with Crippen LogP contribution in [0.15, 0.2) is 24.3 Å². The summed E-state index contributed by atoms with van der Waals surface area (Å²) in [6.07, 6.45) is 3.93. The van der Waals surface area contributed by atoms with Gasteiger partial charge in [-0.2, -0.15) is 0 Å². The zero-order valence-electron chi connectivity index (χ0n) is 11.6. The lowest BCUT2D eigenvalue weighted by Crippen LogP contribution is -2.36. The summed E-state index contributed by atoms with van der Waals surface area (Å²) in [7, 11) is 0. The fraction of sp³-hybridized carbons (Fsp3) is 0.562. The topological polar surface area (TPSA) is 23.6 Å². The van der Waals surface area contributed by atoms with Crippen molar-refractivity contribution in [2.24, 2.45) is 0 Å². The number of fused-ring (bicyclic) bond motifs is 1. The van der Waals surface area contributed by atoms with Gasteiger partial charge in [0.2, 0.25) is 0 Å². The lowest BCUT2D eigenvalue weighted by Gasteiger charge is -2.27. The maximum atomic E-state index is 11.3. The average Bonchev–Trinajstić information content (AvgIpc) is 2.76. The highest BCUT2D eigenvalue weighted by atomic mass is 16.1. The van der Waals surface area contributed by atoms with Crippen LogP contribution in [-0.4, -0.2) is 42.9 Å². The van der Waals surface area contributed by atoms with Crippen LogP contribution in [0.1, 0.15) is 36.5 Å². The van der Waals surface area contributed by atoms with E-state index in [0.717, 1.165) is 24.7 Å². The van der Waals surface area contributed by atoms with Crippen LogP contribution in [0.25, 0.3) is 0 Å². The molecule has 2 fully saturated rings. The Morgan fingerprint density at radius 3 is 2.58 bits per heavy atom. The van der Waals surface area contributed by atoms with Gasteiger partial charge in [0, 0.05) is 36.9 Å². The summed E-state index contributed by atoms with van der Waals surface area (Å²) in [4.78, 5) is 16.4. The van der Waals surface area contributed by atoms with Gasteiger partial charge >= 0.3 is 0 Å². The Labute approximate surface area is 115 Å². The van der Waals surface area contributed by atoms with Crippen molar-refractivity contribution in [2.75, 3.05) is 31.1 Å². The van der Waals surface area contributed by atoms with E-state index in [1.54, 1.807) is 6.92 Å². The first-order chi connectivity index (χ1) is 9.24. The van der Waals surface area contributed by atoms with Crippen molar-refractivity contribution in [1.82, 2.24) is 4.90 Å². The highest BCUT2D eigenvalue weighted by Crippen LogP contribution is 2.25. The van der Waals surface area contributed by atoms with Gasteiger partial charge in [0.05, 0.1) is 0 Å². The fourth-order valence-corrected chi connectivity index (χ4v) is 3.35. The third kappa shape index (κ3) is 2.66. The van der Waals surface area contributed by atoms with Crippen molar-refractivity contribution in [2.45, 2.75) is 32.2 Å². The summed E-state index contributed by atoms with van der Waals surface area (Å²) in [5, 5.41) is 0. The second-order valence-electron chi connectivity index (χ2n) is 5.73. The van der Waals surface area contributed by atoms with E-state index in [9.17, 15) is 4.79 Å². The van der Waals surface area contributed by atoms with E-state index < -0.39 is 0 Å². The Kier molecular flexibility index (Phi) is 3.56. The number of ketones is 1. The first-order valence-corrected chi connectivity index (χ1v) is 7.34.